The second kappa shape index (κ2) is 6.24. The quantitative estimate of drug-likeness (QED) is 0.794. The van der Waals surface area contributed by atoms with Crippen molar-refractivity contribution in [1.82, 2.24) is 10.2 Å². The molecule has 0 bridgehead atoms. The maximum Gasteiger partial charge on any atom is 0.531 e. The van der Waals surface area contributed by atoms with Crippen molar-refractivity contribution in [2.75, 3.05) is 32.7 Å². The lowest BCUT2D eigenvalue weighted by atomic mass is 9.88. The van der Waals surface area contributed by atoms with E-state index in [0.29, 0.717) is 25.1 Å². The van der Waals surface area contributed by atoms with Crippen LogP contribution in [0.4, 0.5) is 9.59 Å². The van der Waals surface area contributed by atoms with Crippen LogP contribution in [0.25, 0.3) is 0 Å². The van der Waals surface area contributed by atoms with Crippen LogP contribution in [0.1, 0.15) is 45.4 Å². The lowest BCUT2D eigenvalue weighted by Gasteiger charge is -2.36. The Hall–Kier alpha value is -1.40. The number of urea groups is 1. The molecule has 3 rings (SSSR count). The van der Waals surface area contributed by atoms with Crippen molar-refractivity contribution in [3.63, 3.8) is 0 Å². The number of hydrogen-bond donors (Lipinski definition) is 1. The van der Waals surface area contributed by atoms with Crippen LogP contribution in [0.15, 0.2) is 12.3 Å². The molecule has 3 saturated heterocycles. The van der Waals surface area contributed by atoms with Crippen molar-refractivity contribution in [3.05, 3.63) is 12.3 Å². The minimum atomic E-state index is -0.664. The van der Waals surface area contributed by atoms with Crippen molar-refractivity contribution >= 4 is 12.1 Å². The van der Waals surface area contributed by atoms with Gasteiger partial charge in [-0.15, -0.1) is 4.48 Å². The summed E-state index contributed by atoms with van der Waals surface area (Å²) < 4.78 is 5.51. The molecule has 128 valence electrons. The van der Waals surface area contributed by atoms with E-state index < -0.39 is 11.7 Å². The zero-order valence-corrected chi connectivity index (χ0v) is 14.1. The molecule has 0 saturated carbocycles. The Balaban J connectivity index is 1.94. The molecule has 3 fully saturated rings. The van der Waals surface area contributed by atoms with Crippen LogP contribution in [0.3, 0.4) is 0 Å². The normalized spacial score (nSPS) is 30.6. The fraction of sp³-hybridized carbons (Fsp3) is 0.765. The fourth-order valence-corrected chi connectivity index (χ4v) is 4.16. The Morgan fingerprint density at radius 1 is 1.30 bits per heavy atom. The summed E-state index contributed by atoms with van der Waals surface area (Å²) in [5, 5.41) is 3.29. The SMILES string of the molecule is C=C1C2(CCNCC2)OC(=O)[N+]1(CCC)C(=O)N1CCCCC1. The van der Waals surface area contributed by atoms with E-state index >= 15 is 0 Å². The highest BCUT2D eigenvalue weighted by Gasteiger charge is 2.66. The van der Waals surface area contributed by atoms with Gasteiger partial charge in [0.15, 0.2) is 11.3 Å². The third-order valence-corrected chi connectivity index (χ3v) is 5.50. The first-order chi connectivity index (χ1) is 11.1. The van der Waals surface area contributed by atoms with Crippen LogP contribution in [-0.4, -0.2) is 59.8 Å². The van der Waals surface area contributed by atoms with Gasteiger partial charge in [0.05, 0.1) is 0 Å². The molecule has 0 aromatic carbocycles. The van der Waals surface area contributed by atoms with Crippen molar-refractivity contribution < 1.29 is 18.8 Å². The molecule has 1 spiro atoms. The second-order valence-electron chi connectivity index (χ2n) is 6.92. The Morgan fingerprint density at radius 2 is 1.96 bits per heavy atom. The summed E-state index contributed by atoms with van der Waals surface area (Å²) in [5.41, 5.74) is -0.00964. The van der Waals surface area contributed by atoms with Crippen molar-refractivity contribution in [2.24, 2.45) is 0 Å². The maximum absolute atomic E-state index is 13.3. The number of quaternary nitrogens is 1. The Bertz CT molecular complexity index is 507. The molecular weight excluding hydrogens is 294 g/mol. The third-order valence-electron chi connectivity index (χ3n) is 5.50. The van der Waals surface area contributed by atoms with Gasteiger partial charge in [-0.3, -0.25) is 4.90 Å². The van der Waals surface area contributed by atoms with Crippen LogP contribution < -0.4 is 5.32 Å². The zero-order chi connectivity index (χ0) is 16.5. The zero-order valence-electron chi connectivity index (χ0n) is 14.1. The van der Waals surface area contributed by atoms with E-state index in [4.69, 9.17) is 4.74 Å². The predicted octanol–water partition coefficient (Wildman–Crippen LogP) is 2.61. The van der Waals surface area contributed by atoms with Gasteiger partial charge in [0.1, 0.15) is 6.54 Å². The average molecular weight is 322 g/mol. The minimum absolute atomic E-state index is 0.128. The van der Waals surface area contributed by atoms with Crippen LogP contribution in [0, 0.1) is 0 Å². The summed E-state index contributed by atoms with van der Waals surface area (Å²) >= 11 is 0. The van der Waals surface area contributed by atoms with Crippen molar-refractivity contribution in [1.29, 1.82) is 0 Å². The smallest absolute Gasteiger partial charge is 0.402 e. The van der Waals surface area contributed by atoms with Gasteiger partial charge in [-0.2, -0.15) is 4.79 Å². The molecule has 0 radical (unpaired) electrons. The van der Waals surface area contributed by atoms with E-state index in [1.807, 2.05) is 11.8 Å². The van der Waals surface area contributed by atoms with Gasteiger partial charge in [0.2, 0.25) is 0 Å². The standard InChI is InChI=1S/C17H28N3O3/c1-3-13-20(15(21)19-11-5-4-6-12-19)14(2)17(23-16(20)22)7-9-18-10-8-17/h18H,2-13H2,1H3/q+1. The lowest BCUT2D eigenvalue weighted by Crippen LogP contribution is -2.60. The Kier molecular flexibility index (Phi) is 4.47. The molecule has 1 unspecified atom stereocenters. The number of nitrogens with one attached hydrogen (secondary N) is 1. The number of rotatable bonds is 2. The summed E-state index contributed by atoms with van der Waals surface area (Å²) in [6, 6.07) is -0.128. The predicted molar refractivity (Wildman–Crippen MR) is 86.7 cm³/mol. The van der Waals surface area contributed by atoms with E-state index in [1.54, 1.807) is 0 Å². The van der Waals surface area contributed by atoms with Crippen LogP contribution >= 0.6 is 0 Å². The Morgan fingerprint density at radius 3 is 2.57 bits per heavy atom. The molecule has 0 aromatic heterocycles. The molecular formula is C17H28N3O3+. The highest BCUT2D eigenvalue weighted by molar-refractivity contribution is 5.84. The number of hydrogen-bond acceptors (Lipinski definition) is 4. The van der Waals surface area contributed by atoms with E-state index in [9.17, 15) is 9.59 Å². The number of carbonyl (C=O) groups is 2. The minimum Gasteiger partial charge on any atom is -0.402 e. The van der Waals surface area contributed by atoms with E-state index in [2.05, 4.69) is 11.9 Å². The first-order valence-corrected chi connectivity index (χ1v) is 8.88. The largest absolute Gasteiger partial charge is 0.531 e. The molecule has 0 aromatic rings. The number of ether oxygens (including phenoxy) is 1. The van der Waals surface area contributed by atoms with Gasteiger partial charge in [-0.25, -0.2) is 4.79 Å². The monoisotopic (exact) mass is 322 g/mol. The van der Waals surface area contributed by atoms with Gasteiger partial charge in [0.25, 0.3) is 0 Å². The molecule has 1 N–H and O–H groups in total. The van der Waals surface area contributed by atoms with E-state index in [1.165, 1.54) is 0 Å². The van der Waals surface area contributed by atoms with Crippen LogP contribution in [0.5, 0.6) is 0 Å². The summed E-state index contributed by atoms with van der Waals surface area (Å²) in [6.07, 6.45) is 4.89. The molecule has 0 aliphatic carbocycles. The first kappa shape index (κ1) is 16.5. The van der Waals surface area contributed by atoms with Gasteiger partial charge >= 0.3 is 12.1 Å². The van der Waals surface area contributed by atoms with Crippen molar-refractivity contribution in [2.45, 2.75) is 51.0 Å². The number of nitrogens with zero attached hydrogens (tertiary/aromatic N) is 2. The van der Waals surface area contributed by atoms with E-state index in [-0.39, 0.29) is 10.5 Å². The van der Waals surface area contributed by atoms with Crippen LogP contribution in [0.2, 0.25) is 0 Å². The average Bonchev–Trinajstić information content (AvgIpc) is 2.78. The number of carbonyl (C=O) groups excluding carboxylic acids is 2. The molecule has 3 aliphatic heterocycles. The summed E-state index contributed by atoms with van der Waals surface area (Å²) in [6.45, 7) is 9.71. The second-order valence-corrected chi connectivity index (χ2v) is 6.92. The Labute approximate surface area is 138 Å². The number of amides is 3. The molecule has 3 heterocycles. The topological polar surface area (TPSA) is 58.6 Å². The highest BCUT2D eigenvalue weighted by atomic mass is 16.6. The van der Waals surface area contributed by atoms with Crippen molar-refractivity contribution in [3.8, 4) is 0 Å². The fourth-order valence-electron chi connectivity index (χ4n) is 4.16. The number of imide groups is 1. The van der Waals surface area contributed by atoms with Gasteiger partial charge in [-0.05, 0) is 45.4 Å². The summed E-state index contributed by atoms with van der Waals surface area (Å²) in [7, 11) is 0. The highest BCUT2D eigenvalue weighted by Crippen LogP contribution is 2.45. The molecule has 3 amide bonds. The number of piperidine rings is 2. The molecule has 23 heavy (non-hydrogen) atoms. The van der Waals surface area contributed by atoms with E-state index in [0.717, 1.165) is 51.9 Å². The van der Waals surface area contributed by atoms with Gasteiger partial charge < -0.3 is 10.1 Å². The molecule has 1 atom stereocenters. The maximum atomic E-state index is 13.3. The third kappa shape index (κ3) is 2.48. The summed E-state index contributed by atoms with van der Waals surface area (Å²) in [4.78, 5) is 28.0. The first-order valence-electron chi connectivity index (χ1n) is 8.88. The van der Waals surface area contributed by atoms with Gasteiger partial charge in [0, 0.05) is 25.9 Å². The molecule has 6 nitrogen and oxygen atoms in total. The van der Waals surface area contributed by atoms with Crippen LogP contribution in [-0.2, 0) is 4.74 Å². The van der Waals surface area contributed by atoms with Gasteiger partial charge in [-0.1, -0.05) is 6.92 Å². The molecule has 6 heteroatoms. The summed E-state index contributed by atoms with van der Waals surface area (Å²) in [5.74, 6) is 0. The lowest BCUT2D eigenvalue weighted by molar-refractivity contribution is -0.729. The molecule has 3 aliphatic rings. The number of likely N-dealkylation sites (tertiary alicyclic amines) is 1.